The lowest BCUT2D eigenvalue weighted by molar-refractivity contribution is 0.422. The third kappa shape index (κ3) is 2.54. The molecule has 19 heavy (non-hydrogen) atoms. The molecule has 0 aliphatic heterocycles. The van der Waals surface area contributed by atoms with Gasteiger partial charge in [0, 0.05) is 17.0 Å². The van der Waals surface area contributed by atoms with Gasteiger partial charge in [0.2, 0.25) is 0 Å². The van der Waals surface area contributed by atoms with Crippen LogP contribution in [0.1, 0.15) is 22.6 Å². The highest BCUT2D eigenvalue weighted by atomic mass is 35.5. The Bertz CT molecular complexity index is 579. The van der Waals surface area contributed by atoms with Crippen molar-refractivity contribution in [2.45, 2.75) is 24.8 Å². The van der Waals surface area contributed by atoms with Gasteiger partial charge in [0.05, 0.1) is 0 Å². The Balaban J connectivity index is 1.76. The van der Waals surface area contributed by atoms with Gasteiger partial charge in [-0.15, -0.1) is 0 Å². The van der Waals surface area contributed by atoms with Crippen molar-refractivity contribution in [2.24, 2.45) is 0 Å². The van der Waals surface area contributed by atoms with E-state index in [9.17, 15) is 0 Å². The summed E-state index contributed by atoms with van der Waals surface area (Å²) in [5, 5.41) is 4.29. The number of rotatable bonds is 4. The number of benzene rings is 2. The fourth-order valence-corrected chi connectivity index (χ4v) is 3.23. The minimum absolute atomic E-state index is 0.480. The molecule has 2 heteroatoms. The summed E-state index contributed by atoms with van der Waals surface area (Å²) < 4.78 is 0. The maximum atomic E-state index is 6.06. The number of nitrogens with one attached hydrogen (secondary N) is 1. The van der Waals surface area contributed by atoms with Crippen molar-refractivity contribution in [3.63, 3.8) is 0 Å². The lowest BCUT2D eigenvalue weighted by atomic mass is 9.72. The van der Waals surface area contributed by atoms with Gasteiger partial charge in [-0.2, -0.15) is 0 Å². The van der Waals surface area contributed by atoms with Gasteiger partial charge >= 0.3 is 0 Å². The first-order valence-corrected chi connectivity index (χ1v) is 7.15. The molecule has 1 aliphatic carbocycles. The average Bonchev–Trinajstić information content (AvgIpc) is 2.39. The van der Waals surface area contributed by atoms with Gasteiger partial charge in [0.1, 0.15) is 0 Å². The Morgan fingerprint density at radius 2 is 2.05 bits per heavy atom. The molecule has 2 atom stereocenters. The molecule has 0 radical (unpaired) electrons. The molecule has 2 aromatic rings. The topological polar surface area (TPSA) is 12.0 Å². The molecule has 1 aliphatic rings. The Labute approximate surface area is 119 Å². The molecule has 2 unspecified atom stereocenters. The molecule has 2 aromatic carbocycles. The fraction of sp³-hybridized carbons (Fsp3) is 0.294. The third-order valence-electron chi connectivity index (χ3n) is 4.10. The molecule has 0 saturated carbocycles. The van der Waals surface area contributed by atoms with E-state index in [4.69, 9.17) is 11.6 Å². The van der Waals surface area contributed by atoms with Crippen molar-refractivity contribution < 1.29 is 0 Å². The quantitative estimate of drug-likeness (QED) is 0.892. The summed E-state index contributed by atoms with van der Waals surface area (Å²) in [6.07, 6.45) is 2.21. The SMILES string of the molecule is CNC(Cc1cccc(Cl)c1)C1Cc2ccccc21. The molecular formula is C17H18ClN. The molecule has 0 bridgehead atoms. The number of halogens is 1. The van der Waals surface area contributed by atoms with E-state index < -0.39 is 0 Å². The first kappa shape index (κ1) is 12.7. The van der Waals surface area contributed by atoms with Gasteiger partial charge in [-0.05, 0) is 48.7 Å². The van der Waals surface area contributed by atoms with Gasteiger partial charge in [0.25, 0.3) is 0 Å². The Hall–Kier alpha value is -1.31. The standard InChI is InChI=1S/C17H18ClN/c1-19-17(10-12-5-4-7-14(18)9-12)16-11-13-6-2-3-8-15(13)16/h2-9,16-17,19H,10-11H2,1H3. The molecule has 0 amide bonds. The fourth-order valence-electron chi connectivity index (χ4n) is 3.02. The van der Waals surface area contributed by atoms with Crippen LogP contribution >= 0.6 is 11.6 Å². The van der Waals surface area contributed by atoms with Crippen LogP contribution in [0.15, 0.2) is 48.5 Å². The molecule has 0 heterocycles. The maximum Gasteiger partial charge on any atom is 0.0408 e. The van der Waals surface area contributed by atoms with E-state index in [0.29, 0.717) is 12.0 Å². The molecule has 3 rings (SSSR count). The number of hydrogen-bond acceptors (Lipinski definition) is 1. The summed E-state index contributed by atoms with van der Waals surface area (Å²) in [6.45, 7) is 0. The van der Waals surface area contributed by atoms with E-state index in [0.717, 1.165) is 11.4 Å². The van der Waals surface area contributed by atoms with Crippen LogP contribution in [-0.2, 0) is 12.8 Å². The van der Waals surface area contributed by atoms with Crippen LogP contribution in [0.5, 0.6) is 0 Å². The molecule has 0 spiro atoms. The second kappa shape index (κ2) is 5.36. The zero-order chi connectivity index (χ0) is 13.2. The minimum atomic E-state index is 0.480. The summed E-state index contributed by atoms with van der Waals surface area (Å²) in [7, 11) is 2.05. The maximum absolute atomic E-state index is 6.06. The van der Waals surface area contributed by atoms with Crippen LogP contribution in [0.4, 0.5) is 0 Å². The predicted molar refractivity (Wildman–Crippen MR) is 80.9 cm³/mol. The number of likely N-dealkylation sites (N-methyl/N-ethyl adjacent to an activating group) is 1. The van der Waals surface area contributed by atoms with Crippen LogP contribution in [0.3, 0.4) is 0 Å². The lowest BCUT2D eigenvalue weighted by Crippen LogP contribution is -2.39. The van der Waals surface area contributed by atoms with Gasteiger partial charge in [-0.1, -0.05) is 48.0 Å². The van der Waals surface area contributed by atoms with Crippen molar-refractivity contribution in [2.75, 3.05) is 7.05 Å². The summed E-state index contributed by atoms with van der Waals surface area (Å²) in [5.74, 6) is 0.625. The molecule has 0 aromatic heterocycles. The van der Waals surface area contributed by atoms with Crippen LogP contribution < -0.4 is 5.32 Å². The largest absolute Gasteiger partial charge is 0.316 e. The summed E-state index contributed by atoms with van der Waals surface area (Å²) in [6, 6.07) is 17.4. The van der Waals surface area contributed by atoms with Crippen molar-refractivity contribution in [3.8, 4) is 0 Å². The summed E-state index contributed by atoms with van der Waals surface area (Å²) >= 11 is 6.06. The molecule has 1 nitrogen and oxygen atoms in total. The second-order valence-corrected chi connectivity index (χ2v) is 5.68. The van der Waals surface area contributed by atoms with Gasteiger partial charge < -0.3 is 5.32 Å². The monoisotopic (exact) mass is 271 g/mol. The predicted octanol–water partition coefficient (Wildman–Crippen LogP) is 3.81. The van der Waals surface area contributed by atoms with Crippen molar-refractivity contribution in [1.29, 1.82) is 0 Å². The van der Waals surface area contributed by atoms with Gasteiger partial charge in [0.15, 0.2) is 0 Å². The van der Waals surface area contributed by atoms with Crippen LogP contribution in [0, 0.1) is 0 Å². The highest BCUT2D eigenvalue weighted by Crippen LogP contribution is 2.38. The van der Waals surface area contributed by atoms with E-state index in [1.165, 1.54) is 23.1 Å². The molecule has 98 valence electrons. The first-order valence-electron chi connectivity index (χ1n) is 6.77. The summed E-state index contributed by atoms with van der Waals surface area (Å²) in [5.41, 5.74) is 4.30. The Morgan fingerprint density at radius 1 is 1.21 bits per heavy atom. The van der Waals surface area contributed by atoms with Crippen molar-refractivity contribution in [3.05, 3.63) is 70.2 Å². The van der Waals surface area contributed by atoms with Crippen LogP contribution in [-0.4, -0.2) is 13.1 Å². The van der Waals surface area contributed by atoms with Crippen LogP contribution in [0.25, 0.3) is 0 Å². The number of hydrogen-bond donors (Lipinski definition) is 1. The zero-order valence-corrected chi connectivity index (χ0v) is 11.8. The summed E-state index contributed by atoms with van der Waals surface area (Å²) in [4.78, 5) is 0. The first-order chi connectivity index (χ1) is 9.28. The highest BCUT2D eigenvalue weighted by molar-refractivity contribution is 6.30. The van der Waals surface area contributed by atoms with E-state index >= 15 is 0 Å². The van der Waals surface area contributed by atoms with Gasteiger partial charge in [-0.3, -0.25) is 0 Å². The Morgan fingerprint density at radius 3 is 2.79 bits per heavy atom. The smallest absolute Gasteiger partial charge is 0.0408 e. The third-order valence-corrected chi connectivity index (χ3v) is 4.33. The molecular weight excluding hydrogens is 254 g/mol. The van der Waals surface area contributed by atoms with E-state index in [1.807, 2.05) is 12.1 Å². The minimum Gasteiger partial charge on any atom is -0.316 e. The van der Waals surface area contributed by atoms with E-state index in [-0.39, 0.29) is 0 Å². The number of fused-ring (bicyclic) bond motifs is 1. The molecule has 0 saturated heterocycles. The van der Waals surface area contributed by atoms with Crippen molar-refractivity contribution in [1.82, 2.24) is 5.32 Å². The average molecular weight is 272 g/mol. The Kier molecular flexibility index (Phi) is 3.58. The lowest BCUT2D eigenvalue weighted by Gasteiger charge is -2.36. The van der Waals surface area contributed by atoms with Crippen LogP contribution in [0.2, 0.25) is 5.02 Å². The van der Waals surface area contributed by atoms with Crippen molar-refractivity contribution >= 4 is 11.6 Å². The van der Waals surface area contributed by atoms with Gasteiger partial charge in [-0.25, -0.2) is 0 Å². The zero-order valence-electron chi connectivity index (χ0n) is 11.1. The molecule has 1 N–H and O–H groups in total. The second-order valence-electron chi connectivity index (χ2n) is 5.24. The highest BCUT2D eigenvalue weighted by Gasteiger charge is 2.31. The van der Waals surface area contributed by atoms with E-state index in [2.05, 4.69) is 48.8 Å². The van der Waals surface area contributed by atoms with E-state index in [1.54, 1.807) is 0 Å². The normalized spacial score (nSPS) is 18.5. The molecule has 0 fully saturated rings.